The van der Waals surface area contributed by atoms with Crippen molar-refractivity contribution in [1.29, 1.82) is 0 Å². The Kier molecular flexibility index (Phi) is 5.27. The van der Waals surface area contributed by atoms with Gasteiger partial charge >= 0.3 is 0 Å². The number of hydrogen-bond acceptors (Lipinski definition) is 2. The Morgan fingerprint density at radius 3 is 2.57 bits per heavy atom. The molecule has 0 radical (unpaired) electrons. The molecule has 0 heterocycles. The predicted molar refractivity (Wildman–Crippen MR) is 86.8 cm³/mol. The highest BCUT2D eigenvalue weighted by Crippen LogP contribution is 2.23. The summed E-state index contributed by atoms with van der Waals surface area (Å²) in [6.45, 7) is 4.17. The summed E-state index contributed by atoms with van der Waals surface area (Å²) < 4.78 is 5.56. The Balaban J connectivity index is 2.05. The van der Waals surface area contributed by atoms with Crippen molar-refractivity contribution in [3.8, 4) is 5.75 Å². The average Bonchev–Trinajstić information content (AvgIpc) is 2.45. The maximum Gasteiger partial charge on any atom is 0.201 e. The molecule has 110 valence electrons. The fourth-order valence-corrected chi connectivity index (χ4v) is 2.42. The van der Waals surface area contributed by atoms with Crippen molar-refractivity contribution in [3.63, 3.8) is 0 Å². The van der Waals surface area contributed by atoms with Gasteiger partial charge in [-0.3, -0.25) is 4.79 Å². The Bertz CT molecular complexity index is 651. The molecule has 0 N–H and O–H groups in total. The molecule has 0 aliphatic carbocycles. The molecule has 0 saturated carbocycles. The molecule has 0 aromatic heterocycles. The minimum atomic E-state index is -0.174. The third-order valence-electron chi connectivity index (χ3n) is 3.13. The Morgan fingerprint density at radius 1 is 1.14 bits per heavy atom. The summed E-state index contributed by atoms with van der Waals surface area (Å²) in [5, 5.41) is 0.842. The molecular weight excluding hydrogens is 307 g/mol. The van der Waals surface area contributed by atoms with Gasteiger partial charge in [-0.05, 0) is 41.8 Å². The van der Waals surface area contributed by atoms with Crippen LogP contribution in [0.15, 0.2) is 42.5 Å². The van der Waals surface area contributed by atoms with Crippen molar-refractivity contribution in [2.75, 3.05) is 6.61 Å². The van der Waals surface area contributed by atoms with Gasteiger partial charge in [0, 0.05) is 10.6 Å². The summed E-state index contributed by atoms with van der Waals surface area (Å²) >= 11 is 11.8. The third kappa shape index (κ3) is 4.23. The van der Waals surface area contributed by atoms with Crippen LogP contribution in [0.1, 0.15) is 35.7 Å². The first-order chi connectivity index (χ1) is 9.97. The van der Waals surface area contributed by atoms with E-state index >= 15 is 0 Å². The first-order valence-electron chi connectivity index (χ1n) is 6.68. The largest absolute Gasteiger partial charge is 0.485 e. The van der Waals surface area contributed by atoms with E-state index in [1.165, 1.54) is 5.56 Å². The van der Waals surface area contributed by atoms with Gasteiger partial charge in [0.2, 0.25) is 5.78 Å². The molecule has 2 nitrogen and oxygen atoms in total. The van der Waals surface area contributed by atoms with E-state index in [4.69, 9.17) is 27.9 Å². The zero-order chi connectivity index (χ0) is 15.4. The fourth-order valence-electron chi connectivity index (χ4n) is 1.91. The van der Waals surface area contributed by atoms with Gasteiger partial charge in [0.1, 0.15) is 5.75 Å². The highest BCUT2D eigenvalue weighted by atomic mass is 35.5. The van der Waals surface area contributed by atoms with Crippen LogP contribution in [0.25, 0.3) is 0 Å². The lowest BCUT2D eigenvalue weighted by Crippen LogP contribution is -2.12. The number of ketones is 1. The van der Waals surface area contributed by atoms with Gasteiger partial charge in [-0.2, -0.15) is 0 Å². The summed E-state index contributed by atoms with van der Waals surface area (Å²) in [5.41, 5.74) is 1.59. The number of rotatable bonds is 5. The van der Waals surface area contributed by atoms with E-state index in [1.807, 2.05) is 24.3 Å². The monoisotopic (exact) mass is 322 g/mol. The molecule has 0 bridgehead atoms. The molecule has 0 saturated heterocycles. The topological polar surface area (TPSA) is 26.3 Å². The maximum atomic E-state index is 12.1. The molecule has 0 unspecified atom stereocenters. The second-order valence-corrected chi connectivity index (χ2v) is 5.91. The van der Waals surface area contributed by atoms with Crippen molar-refractivity contribution in [3.05, 3.63) is 63.6 Å². The Morgan fingerprint density at radius 2 is 1.90 bits per heavy atom. The molecule has 21 heavy (non-hydrogen) atoms. The number of benzene rings is 2. The van der Waals surface area contributed by atoms with Crippen LogP contribution >= 0.6 is 23.2 Å². The van der Waals surface area contributed by atoms with Gasteiger partial charge in [-0.1, -0.05) is 49.2 Å². The quantitative estimate of drug-likeness (QED) is 0.691. The molecule has 0 atom stereocenters. The van der Waals surface area contributed by atoms with Crippen molar-refractivity contribution in [2.24, 2.45) is 0 Å². The van der Waals surface area contributed by atoms with E-state index in [0.29, 0.717) is 27.3 Å². The van der Waals surface area contributed by atoms with E-state index in [2.05, 4.69) is 13.8 Å². The highest BCUT2D eigenvalue weighted by molar-refractivity contribution is 6.36. The van der Waals surface area contributed by atoms with Gasteiger partial charge in [0.25, 0.3) is 0 Å². The second kappa shape index (κ2) is 6.97. The van der Waals surface area contributed by atoms with E-state index < -0.39 is 0 Å². The molecular formula is C17H16Cl2O2. The van der Waals surface area contributed by atoms with Crippen LogP contribution in [0.5, 0.6) is 5.75 Å². The summed E-state index contributed by atoms with van der Waals surface area (Å²) in [4.78, 5) is 12.1. The van der Waals surface area contributed by atoms with Gasteiger partial charge < -0.3 is 4.74 Å². The lowest BCUT2D eigenvalue weighted by atomic mass is 10.0. The minimum absolute atomic E-state index is 0.0527. The molecule has 4 heteroatoms. The van der Waals surface area contributed by atoms with Gasteiger partial charge in [0.05, 0.1) is 5.02 Å². The molecule has 2 rings (SSSR count). The fraction of sp³-hybridized carbons (Fsp3) is 0.235. The van der Waals surface area contributed by atoms with Gasteiger partial charge in [0.15, 0.2) is 6.61 Å². The van der Waals surface area contributed by atoms with Crippen molar-refractivity contribution in [2.45, 2.75) is 19.8 Å². The average molecular weight is 323 g/mol. The molecule has 0 fully saturated rings. The number of Topliss-reactive ketones (excluding diaryl/α,β-unsaturated/α-hetero) is 1. The molecule has 0 amide bonds. The molecule has 2 aromatic carbocycles. The summed E-state index contributed by atoms with van der Waals surface area (Å²) in [6.07, 6.45) is 0. The van der Waals surface area contributed by atoms with Crippen LogP contribution in [-0.4, -0.2) is 12.4 Å². The molecule has 0 aliphatic heterocycles. The normalized spacial score (nSPS) is 10.7. The molecule has 0 aliphatic rings. The first-order valence-corrected chi connectivity index (χ1v) is 7.44. The standard InChI is InChI=1S/C17H16Cl2O2/c1-11(2)12-4-3-5-14(8-12)21-10-17(20)15-7-6-13(18)9-16(15)19/h3-9,11H,10H2,1-2H3. The minimum Gasteiger partial charge on any atom is -0.485 e. The van der Waals surface area contributed by atoms with Crippen molar-refractivity contribution in [1.82, 2.24) is 0 Å². The molecule has 0 spiro atoms. The van der Waals surface area contributed by atoms with Gasteiger partial charge in [-0.15, -0.1) is 0 Å². The number of ether oxygens (including phenoxy) is 1. The Hall–Kier alpha value is -1.51. The van der Waals surface area contributed by atoms with E-state index in [-0.39, 0.29) is 12.4 Å². The number of carbonyl (C=O) groups is 1. The number of halogens is 2. The smallest absolute Gasteiger partial charge is 0.201 e. The van der Waals surface area contributed by atoms with Crippen LogP contribution in [0.3, 0.4) is 0 Å². The zero-order valence-electron chi connectivity index (χ0n) is 11.9. The van der Waals surface area contributed by atoms with Crippen LogP contribution in [0.2, 0.25) is 10.0 Å². The van der Waals surface area contributed by atoms with Crippen LogP contribution < -0.4 is 4.74 Å². The lowest BCUT2D eigenvalue weighted by Gasteiger charge is -2.10. The maximum absolute atomic E-state index is 12.1. The zero-order valence-corrected chi connectivity index (χ0v) is 13.4. The van der Waals surface area contributed by atoms with Crippen LogP contribution in [0.4, 0.5) is 0 Å². The third-order valence-corrected chi connectivity index (χ3v) is 3.67. The summed E-state index contributed by atoms with van der Waals surface area (Å²) in [7, 11) is 0. The predicted octanol–water partition coefficient (Wildman–Crippen LogP) is 5.38. The number of carbonyl (C=O) groups excluding carboxylic acids is 1. The van der Waals surface area contributed by atoms with Gasteiger partial charge in [-0.25, -0.2) is 0 Å². The van der Waals surface area contributed by atoms with E-state index in [9.17, 15) is 4.79 Å². The molecule has 2 aromatic rings. The lowest BCUT2D eigenvalue weighted by molar-refractivity contribution is 0.0921. The van der Waals surface area contributed by atoms with Crippen LogP contribution in [-0.2, 0) is 0 Å². The van der Waals surface area contributed by atoms with E-state index in [0.717, 1.165) is 0 Å². The highest BCUT2D eigenvalue weighted by Gasteiger charge is 2.12. The first kappa shape index (κ1) is 15.9. The van der Waals surface area contributed by atoms with Crippen molar-refractivity contribution < 1.29 is 9.53 Å². The summed E-state index contributed by atoms with van der Waals surface area (Å²) in [5.74, 6) is 0.918. The second-order valence-electron chi connectivity index (χ2n) is 5.06. The van der Waals surface area contributed by atoms with Crippen molar-refractivity contribution >= 4 is 29.0 Å². The van der Waals surface area contributed by atoms with E-state index in [1.54, 1.807) is 18.2 Å². The SMILES string of the molecule is CC(C)c1cccc(OCC(=O)c2ccc(Cl)cc2Cl)c1. The number of hydrogen-bond donors (Lipinski definition) is 0. The van der Waals surface area contributed by atoms with Crippen LogP contribution in [0, 0.1) is 0 Å². The Labute approximate surface area is 134 Å². The summed E-state index contributed by atoms with van der Waals surface area (Å²) in [6, 6.07) is 12.5.